The molecule has 0 spiro atoms. The summed E-state index contributed by atoms with van der Waals surface area (Å²) in [5.41, 5.74) is 0.867. The van der Waals surface area contributed by atoms with Gasteiger partial charge in [-0.15, -0.1) is 0 Å². The van der Waals surface area contributed by atoms with Crippen LogP contribution < -0.4 is 5.32 Å². The van der Waals surface area contributed by atoms with E-state index in [1.54, 1.807) is 6.07 Å². The van der Waals surface area contributed by atoms with Crippen molar-refractivity contribution in [3.63, 3.8) is 0 Å². The molecule has 1 fully saturated rings. The van der Waals surface area contributed by atoms with Gasteiger partial charge in [0.05, 0.1) is 5.25 Å². The lowest BCUT2D eigenvalue weighted by Gasteiger charge is -2.15. The number of hydrogen-bond donors (Lipinski definition) is 1. The molecule has 1 aliphatic rings. The second-order valence-corrected chi connectivity index (χ2v) is 7.13. The Hall–Kier alpha value is -1.11. The molecule has 7 heteroatoms. The van der Waals surface area contributed by atoms with Crippen LogP contribution in [0.1, 0.15) is 25.3 Å². The number of carbonyl (C=O) groups excluding carboxylic acids is 2. The molecular weight excluding hydrogens is 340 g/mol. The maximum atomic E-state index is 12.1. The normalized spacial score (nSPS) is 17.9. The fraction of sp³-hybridized carbons (Fsp3) is 0.400. The van der Waals surface area contributed by atoms with Gasteiger partial charge in [0.1, 0.15) is 4.32 Å². The SMILES string of the molecule is CCC1SC(=S)N(CCC(=O)NCc2ccccc2Cl)C1=O. The van der Waals surface area contributed by atoms with Crippen molar-refractivity contribution in [2.24, 2.45) is 0 Å². The number of thiocarbonyl (C=S) groups is 1. The molecular formula is C15H17ClN2O2S2. The quantitative estimate of drug-likeness (QED) is 0.796. The summed E-state index contributed by atoms with van der Waals surface area (Å²) in [7, 11) is 0. The second kappa shape index (κ2) is 7.94. The Morgan fingerprint density at radius 2 is 2.18 bits per heavy atom. The minimum atomic E-state index is -0.125. The van der Waals surface area contributed by atoms with Crippen LogP contribution >= 0.6 is 35.6 Å². The molecule has 1 N–H and O–H groups in total. The summed E-state index contributed by atoms with van der Waals surface area (Å²) in [6.45, 7) is 2.66. The van der Waals surface area contributed by atoms with Crippen molar-refractivity contribution in [1.29, 1.82) is 0 Å². The van der Waals surface area contributed by atoms with Gasteiger partial charge in [0.15, 0.2) is 0 Å². The van der Waals surface area contributed by atoms with E-state index in [1.165, 1.54) is 16.7 Å². The average Bonchev–Trinajstić information content (AvgIpc) is 2.78. The standard InChI is InChI=1S/C15H17ClN2O2S2/c1-2-12-14(20)18(15(21)22-12)8-7-13(19)17-9-10-5-3-4-6-11(10)16/h3-6,12H,2,7-9H2,1H3,(H,17,19). The fourth-order valence-electron chi connectivity index (χ4n) is 2.10. The molecule has 118 valence electrons. The first-order valence-corrected chi connectivity index (χ1v) is 8.71. The maximum Gasteiger partial charge on any atom is 0.241 e. The number of nitrogens with zero attached hydrogens (tertiary/aromatic N) is 1. The Bertz CT molecular complexity index is 595. The Morgan fingerprint density at radius 3 is 2.82 bits per heavy atom. The number of thioether (sulfide) groups is 1. The van der Waals surface area contributed by atoms with E-state index >= 15 is 0 Å². The van der Waals surface area contributed by atoms with Gasteiger partial charge in [-0.3, -0.25) is 14.5 Å². The largest absolute Gasteiger partial charge is 0.352 e. The third kappa shape index (κ3) is 4.21. The van der Waals surface area contributed by atoms with Gasteiger partial charge >= 0.3 is 0 Å². The molecule has 2 rings (SSSR count). The number of carbonyl (C=O) groups is 2. The van der Waals surface area contributed by atoms with Crippen LogP contribution in [0.2, 0.25) is 5.02 Å². The molecule has 1 aromatic rings. The molecule has 0 saturated carbocycles. The van der Waals surface area contributed by atoms with Crippen LogP contribution in [0.4, 0.5) is 0 Å². The first kappa shape index (κ1) is 17.2. The molecule has 2 amide bonds. The number of hydrogen-bond acceptors (Lipinski definition) is 4. The number of amides is 2. The number of nitrogens with one attached hydrogen (secondary N) is 1. The first-order valence-electron chi connectivity index (χ1n) is 7.05. The molecule has 4 nitrogen and oxygen atoms in total. The van der Waals surface area contributed by atoms with E-state index in [0.29, 0.717) is 22.4 Å². The lowest BCUT2D eigenvalue weighted by molar-refractivity contribution is -0.126. The van der Waals surface area contributed by atoms with Crippen molar-refractivity contribution in [3.05, 3.63) is 34.9 Å². The summed E-state index contributed by atoms with van der Waals surface area (Å²) in [4.78, 5) is 25.5. The molecule has 0 aromatic heterocycles. The third-order valence-corrected chi connectivity index (χ3v) is 5.49. The van der Waals surface area contributed by atoms with Crippen LogP contribution in [-0.4, -0.2) is 32.8 Å². The second-order valence-electron chi connectivity index (χ2n) is 4.89. The van der Waals surface area contributed by atoms with E-state index in [4.69, 9.17) is 23.8 Å². The zero-order valence-electron chi connectivity index (χ0n) is 12.2. The maximum absolute atomic E-state index is 12.1. The number of halogens is 1. The Balaban J connectivity index is 1.80. The third-order valence-electron chi connectivity index (χ3n) is 3.37. The molecule has 22 heavy (non-hydrogen) atoms. The highest BCUT2D eigenvalue weighted by Crippen LogP contribution is 2.29. The molecule has 0 radical (unpaired) electrons. The fourth-order valence-corrected chi connectivity index (χ4v) is 3.78. The lowest BCUT2D eigenvalue weighted by atomic mass is 10.2. The molecule has 1 saturated heterocycles. The van der Waals surface area contributed by atoms with E-state index in [-0.39, 0.29) is 23.5 Å². The van der Waals surface area contributed by atoms with Crippen LogP contribution in [0.3, 0.4) is 0 Å². The van der Waals surface area contributed by atoms with E-state index in [1.807, 2.05) is 25.1 Å². The van der Waals surface area contributed by atoms with Crippen molar-refractivity contribution in [2.45, 2.75) is 31.6 Å². The van der Waals surface area contributed by atoms with E-state index in [9.17, 15) is 9.59 Å². The van der Waals surface area contributed by atoms with Crippen LogP contribution in [0.25, 0.3) is 0 Å². The van der Waals surface area contributed by atoms with E-state index in [2.05, 4.69) is 5.32 Å². The lowest BCUT2D eigenvalue weighted by Crippen LogP contribution is -2.35. The summed E-state index contributed by atoms with van der Waals surface area (Å²) in [6.07, 6.45) is 0.978. The average molecular weight is 357 g/mol. The summed E-state index contributed by atoms with van der Waals surface area (Å²) in [6, 6.07) is 7.36. The minimum Gasteiger partial charge on any atom is -0.352 e. The Morgan fingerprint density at radius 1 is 1.45 bits per heavy atom. The van der Waals surface area contributed by atoms with Crippen LogP contribution in [0.15, 0.2) is 24.3 Å². The van der Waals surface area contributed by atoms with Crippen molar-refractivity contribution < 1.29 is 9.59 Å². The van der Waals surface area contributed by atoms with Gasteiger partial charge in [-0.1, -0.05) is 60.7 Å². The van der Waals surface area contributed by atoms with Gasteiger partial charge < -0.3 is 5.32 Å². The van der Waals surface area contributed by atoms with E-state index in [0.717, 1.165) is 12.0 Å². The van der Waals surface area contributed by atoms with Crippen molar-refractivity contribution in [1.82, 2.24) is 10.2 Å². The molecule has 0 bridgehead atoms. The zero-order valence-corrected chi connectivity index (χ0v) is 14.6. The van der Waals surface area contributed by atoms with Crippen molar-refractivity contribution >= 4 is 51.7 Å². The highest BCUT2D eigenvalue weighted by Gasteiger charge is 2.35. The van der Waals surface area contributed by atoms with Gasteiger partial charge in [0, 0.05) is 24.5 Å². The Kier molecular flexibility index (Phi) is 6.23. The topological polar surface area (TPSA) is 49.4 Å². The molecule has 1 aromatic carbocycles. The first-order chi connectivity index (χ1) is 10.5. The predicted octanol–water partition coefficient (Wildman–Crippen LogP) is 2.99. The van der Waals surface area contributed by atoms with E-state index < -0.39 is 0 Å². The summed E-state index contributed by atoms with van der Waals surface area (Å²) >= 11 is 12.6. The number of rotatable bonds is 6. The van der Waals surface area contributed by atoms with Crippen LogP contribution in [0, 0.1) is 0 Å². The summed E-state index contributed by atoms with van der Waals surface area (Å²) in [5, 5.41) is 3.33. The predicted molar refractivity (Wildman–Crippen MR) is 93.9 cm³/mol. The van der Waals surface area contributed by atoms with Gasteiger partial charge in [-0.2, -0.15) is 0 Å². The highest BCUT2D eigenvalue weighted by molar-refractivity contribution is 8.24. The molecule has 0 aliphatic carbocycles. The smallest absolute Gasteiger partial charge is 0.241 e. The number of benzene rings is 1. The molecule has 1 unspecified atom stereocenters. The van der Waals surface area contributed by atoms with Gasteiger partial charge in [0.25, 0.3) is 0 Å². The van der Waals surface area contributed by atoms with Crippen LogP contribution in [0.5, 0.6) is 0 Å². The van der Waals surface area contributed by atoms with Gasteiger partial charge in [0.2, 0.25) is 11.8 Å². The molecule has 1 heterocycles. The van der Waals surface area contributed by atoms with Crippen molar-refractivity contribution in [3.8, 4) is 0 Å². The summed E-state index contributed by atoms with van der Waals surface area (Å²) in [5.74, 6) is -0.114. The highest BCUT2D eigenvalue weighted by atomic mass is 35.5. The summed E-state index contributed by atoms with van der Waals surface area (Å²) < 4.78 is 0.566. The monoisotopic (exact) mass is 356 g/mol. The molecule has 1 aliphatic heterocycles. The van der Waals surface area contributed by atoms with Gasteiger partial charge in [-0.25, -0.2) is 0 Å². The zero-order chi connectivity index (χ0) is 16.1. The molecule has 1 atom stereocenters. The Labute approximate surface area is 144 Å². The van der Waals surface area contributed by atoms with Gasteiger partial charge in [-0.05, 0) is 18.1 Å². The van der Waals surface area contributed by atoms with Crippen molar-refractivity contribution in [2.75, 3.05) is 6.54 Å². The van der Waals surface area contributed by atoms with Crippen LogP contribution in [-0.2, 0) is 16.1 Å². The minimum absolute atomic E-state index is 0.0106.